The molecule has 0 aliphatic heterocycles. The topological polar surface area (TPSA) is 381 Å². The lowest BCUT2D eigenvalue weighted by atomic mass is 9.80. The first-order valence-corrected chi connectivity index (χ1v) is 38.7. The Morgan fingerprint density at radius 3 is 0.366 bits per heavy atom. The van der Waals surface area contributed by atoms with E-state index in [4.69, 9.17) is 0 Å². The molecule has 112 heavy (non-hydrogen) atoms. The second kappa shape index (κ2) is 25.2. The van der Waals surface area contributed by atoms with E-state index in [2.05, 4.69) is 33.5 Å². The van der Waals surface area contributed by atoms with Crippen molar-refractivity contribution < 1.29 is 216 Å². The maximum absolute atomic E-state index is 14.9. The Kier molecular flexibility index (Phi) is 18.7. The number of benzene rings is 10. The molecule has 26 nitrogen and oxygen atoms in total. The van der Waals surface area contributed by atoms with E-state index in [1.165, 1.54) is 0 Å². The number of carbonyl (C=O) groups is 2. The molecule has 0 amide bonds. The molecule has 0 N–H and O–H groups in total. The van der Waals surface area contributed by atoms with Crippen molar-refractivity contribution in [1.82, 2.24) is 0 Å². The molecule has 10 aromatic rings. The van der Waals surface area contributed by atoms with Crippen molar-refractivity contribution in [3.63, 3.8) is 0 Å². The zero-order chi connectivity index (χ0) is 84.3. The van der Waals surface area contributed by atoms with Crippen LogP contribution in [0.15, 0.2) is 97.1 Å². The second-order valence-electron chi connectivity index (χ2n) is 22.2. The number of carbonyl (C=O) groups excluding carboxylic acids is 2. The van der Waals surface area contributed by atoms with Crippen LogP contribution in [0, 0.1) is 0 Å². The fourth-order valence-corrected chi connectivity index (χ4v) is 14.2. The number of hydrogen-bond donors (Lipinski definition) is 0. The Morgan fingerprint density at radius 2 is 0.268 bits per heavy atom. The average Bonchev–Trinajstić information content (AvgIpc) is 0.713. The van der Waals surface area contributed by atoms with Crippen molar-refractivity contribution in [2.75, 3.05) is 0 Å². The van der Waals surface area contributed by atoms with Gasteiger partial charge in [0.15, 0.2) is 57.6 Å². The average molecular weight is 1790 g/mol. The van der Waals surface area contributed by atoms with E-state index in [0.29, 0.717) is 48.5 Å². The highest BCUT2D eigenvalue weighted by atomic mass is 32.3. The van der Waals surface area contributed by atoms with E-state index in [1.807, 2.05) is 0 Å². The van der Waals surface area contributed by atoms with E-state index in [1.54, 1.807) is 0 Å². The van der Waals surface area contributed by atoms with Gasteiger partial charge in [0.25, 0.3) is 0 Å². The molecule has 0 bridgehead atoms. The third-order valence-electron chi connectivity index (χ3n) is 15.1. The summed E-state index contributed by atoms with van der Waals surface area (Å²) in [5.41, 5.74) is -56.7. The predicted octanol–water partition coefficient (Wildman–Crippen LogP) is 13.5. The van der Waals surface area contributed by atoms with Crippen LogP contribution in [-0.2, 0) is 80.9 Å². The normalized spacial score (nSPS) is 14.7. The zero-order valence-corrected chi connectivity index (χ0v) is 57.7. The Morgan fingerprint density at radius 1 is 0.170 bits per heavy atom. The number of rotatable bonds is 16. The standard InChI is InChI=1S/C54H16F24O26S8/c55-47(56,57)105(81,82)97-37-9-25-21-1-17-5-33-34(6-18(17)2-22(21)26-10-38(98-106(83,84)48(58,59)60)42(102-110(91,92)52(70,71)72)14-30(26)29(25)13-41(37)101-109(89,90)51(67,68)69)46(80)36-8-20-4-24-23(3-19(20)7-35(36)45(33)79)27-11-39(99-107(85,86)49(61,62)63)43(103-111(93,94)53(73,74)75)15-31(27)32-16-44(104-112(95,96)54(76,77)78)40(12-28(24)32)100-108(87,88)50(64,65)66/h1-16H. The van der Waals surface area contributed by atoms with Crippen molar-refractivity contribution in [3.8, 4) is 46.0 Å². The third-order valence-corrected chi connectivity index (χ3v) is 22.9. The molecule has 10 aromatic carbocycles. The molecule has 0 heterocycles. The van der Waals surface area contributed by atoms with Crippen LogP contribution in [0.3, 0.4) is 0 Å². The SMILES string of the molecule is O=C1c2cc3cc4c5cc(OS(=O)(=O)C(F)(F)F)c(OS(=O)(=O)C(F)(F)F)cc5c5cc(OS(=O)(=O)C(F)(F)F)c(OS(=O)(=O)C(F)(F)F)cc5c4cc3cc2C(=O)c2cc3cc4c5cc(OS(=O)(=O)C(F)(F)F)c(OS(=O)(=O)C(F)(F)F)cc5c5cc(OS(=O)(=O)C(F)(F)F)c(OS(=O)(=O)C(F)(F)F)cc5c4cc3cc21. The molecule has 0 fully saturated rings. The summed E-state index contributed by atoms with van der Waals surface area (Å²) in [5.74, 6) is -21.2. The largest absolute Gasteiger partial charge is 0.534 e. The van der Waals surface area contributed by atoms with Gasteiger partial charge in [0.1, 0.15) is 0 Å². The lowest BCUT2D eigenvalue weighted by Crippen LogP contribution is -2.30. The lowest BCUT2D eigenvalue weighted by molar-refractivity contribution is -0.0513. The van der Waals surface area contributed by atoms with Gasteiger partial charge in [-0.05, 0) is 183 Å². The minimum Gasteiger partial charge on any atom is -0.372 e. The Bertz CT molecular complexity index is 6100. The first-order chi connectivity index (χ1) is 50.3. The summed E-state index contributed by atoms with van der Waals surface area (Å²) in [4.78, 5) is 29.9. The van der Waals surface area contributed by atoms with Gasteiger partial charge in [-0.15, -0.1) is 0 Å². The molecule has 0 saturated carbocycles. The van der Waals surface area contributed by atoms with Crippen LogP contribution in [0.4, 0.5) is 105 Å². The van der Waals surface area contributed by atoms with Gasteiger partial charge in [0, 0.05) is 22.3 Å². The Balaban J connectivity index is 1.24. The van der Waals surface area contributed by atoms with E-state index >= 15 is 0 Å². The fourth-order valence-electron chi connectivity index (χ4n) is 10.5. The molecule has 0 atom stereocenters. The predicted molar refractivity (Wildman–Crippen MR) is 325 cm³/mol. The quantitative estimate of drug-likeness (QED) is 0.0285. The van der Waals surface area contributed by atoms with Crippen molar-refractivity contribution >= 4 is 179 Å². The minimum absolute atomic E-state index is 0.158. The van der Waals surface area contributed by atoms with E-state index in [-0.39, 0.29) is 48.5 Å². The highest BCUT2D eigenvalue weighted by Crippen LogP contribution is 2.53. The summed E-state index contributed by atoms with van der Waals surface area (Å²) < 4.78 is 564. The summed E-state index contributed by atoms with van der Waals surface area (Å²) in [6.07, 6.45) is 0. The number of hydrogen-bond acceptors (Lipinski definition) is 26. The first kappa shape index (κ1) is 82.9. The van der Waals surface area contributed by atoms with Gasteiger partial charge in [-0.2, -0.15) is 173 Å². The zero-order valence-electron chi connectivity index (χ0n) is 51.2. The van der Waals surface area contributed by atoms with Crippen molar-refractivity contribution in [2.45, 2.75) is 44.1 Å². The molecule has 58 heteroatoms. The summed E-state index contributed by atoms with van der Waals surface area (Å²) in [6, 6.07) is 3.43. The molecule has 604 valence electrons. The summed E-state index contributed by atoms with van der Waals surface area (Å²) in [5, 5.41) is -15.8. The second-order valence-corrected chi connectivity index (χ2v) is 34.5. The van der Waals surface area contributed by atoms with Crippen molar-refractivity contribution in [1.29, 1.82) is 0 Å². The van der Waals surface area contributed by atoms with Crippen molar-refractivity contribution in [2.24, 2.45) is 0 Å². The molecule has 0 saturated heterocycles. The maximum atomic E-state index is 14.9. The van der Waals surface area contributed by atoms with E-state index in [9.17, 15) is 182 Å². The van der Waals surface area contributed by atoms with Gasteiger partial charge in [-0.25, -0.2) is 0 Å². The molecule has 0 radical (unpaired) electrons. The summed E-state index contributed by atoms with van der Waals surface area (Å²) >= 11 is 0. The fraction of sp³-hybridized carbons (Fsp3) is 0.148. The third kappa shape index (κ3) is 14.3. The van der Waals surface area contributed by atoms with Crippen molar-refractivity contribution in [3.05, 3.63) is 119 Å². The van der Waals surface area contributed by atoms with Gasteiger partial charge < -0.3 is 33.5 Å². The van der Waals surface area contributed by atoms with E-state index < -0.39 is 291 Å². The van der Waals surface area contributed by atoms with E-state index in [0.717, 1.165) is 0 Å². The molecule has 1 aliphatic carbocycles. The van der Waals surface area contributed by atoms with Crippen LogP contribution >= 0.6 is 0 Å². The number of halogens is 24. The van der Waals surface area contributed by atoms with Crippen LogP contribution in [0.5, 0.6) is 46.0 Å². The van der Waals surface area contributed by atoms with Gasteiger partial charge in [0.2, 0.25) is 0 Å². The monoisotopic (exact) mass is 1790 g/mol. The minimum atomic E-state index is -7.31. The maximum Gasteiger partial charge on any atom is 0.534 e. The van der Waals surface area contributed by atoms with Crippen LogP contribution in [0.25, 0.3) is 86.2 Å². The van der Waals surface area contributed by atoms with Gasteiger partial charge in [-0.3, -0.25) is 9.59 Å². The lowest BCUT2D eigenvalue weighted by Gasteiger charge is -2.21. The van der Waals surface area contributed by atoms with Crippen LogP contribution in [0.2, 0.25) is 0 Å². The van der Waals surface area contributed by atoms with Gasteiger partial charge in [0.05, 0.1) is 0 Å². The molecule has 0 aromatic heterocycles. The Labute approximate surface area is 600 Å². The molecule has 1 aliphatic rings. The van der Waals surface area contributed by atoms with Gasteiger partial charge in [-0.1, -0.05) is 0 Å². The highest BCUT2D eigenvalue weighted by molar-refractivity contribution is 7.90. The molecule has 0 unspecified atom stereocenters. The van der Waals surface area contributed by atoms with Gasteiger partial charge >= 0.3 is 125 Å². The van der Waals surface area contributed by atoms with Crippen LogP contribution < -0.4 is 33.5 Å². The first-order valence-electron chi connectivity index (χ1n) is 27.4. The molecular weight excluding hydrogens is 1780 g/mol. The van der Waals surface area contributed by atoms with Crippen LogP contribution in [0.1, 0.15) is 31.8 Å². The van der Waals surface area contributed by atoms with Crippen LogP contribution in [-0.4, -0.2) is 123 Å². The summed E-state index contributed by atoms with van der Waals surface area (Å²) in [7, 11) is -58.3. The smallest absolute Gasteiger partial charge is 0.372 e. The highest BCUT2D eigenvalue weighted by Gasteiger charge is 2.56. The Hall–Kier alpha value is -10.1. The molecule has 11 rings (SSSR count). The molecular formula is C54H16F24O26S8. The number of alkyl halides is 24. The number of fused-ring (bicyclic) bond motifs is 16. The number of ketones is 2. The summed E-state index contributed by atoms with van der Waals surface area (Å²) in [6.45, 7) is 0. The molecule has 0 spiro atoms.